The van der Waals surface area contributed by atoms with Crippen molar-refractivity contribution in [3.63, 3.8) is 0 Å². The van der Waals surface area contributed by atoms with Crippen LogP contribution in [-0.4, -0.2) is 18.9 Å². The Morgan fingerprint density at radius 2 is 1.79 bits per heavy atom. The van der Waals surface area contributed by atoms with E-state index < -0.39 is 0 Å². The first-order valence-corrected chi connectivity index (χ1v) is 4.21. The molecule has 0 atom stereocenters. The van der Waals surface area contributed by atoms with Crippen molar-refractivity contribution in [3.8, 4) is 0 Å². The van der Waals surface area contributed by atoms with Gasteiger partial charge in [0.1, 0.15) is 12.6 Å². The quantitative estimate of drug-likeness (QED) is 0.530. The van der Waals surface area contributed by atoms with Gasteiger partial charge in [0, 0.05) is 12.8 Å². The van der Waals surface area contributed by atoms with E-state index in [-0.39, 0.29) is 0 Å². The number of aldehydes is 3. The Morgan fingerprint density at radius 1 is 1.14 bits per heavy atom. The van der Waals surface area contributed by atoms with Gasteiger partial charge >= 0.3 is 0 Å². The maximum absolute atomic E-state index is 9.77. The van der Waals surface area contributed by atoms with Crippen molar-refractivity contribution in [1.29, 1.82) is 0 Å². The molecule has 0 aromatic carbocycles. The molecule has 0 saturated carbocycles. The van der Waals surface area contributed by atoms with E-state index in [0.717, 1.165) is 12.6 Å². The highest BCUT2D eigenvalue weighted by atomic mass is 16.3. The van der Waals surface area contributed by atoms with Gasteiger partial charge < -0.3 is 14.0 Å². The van der Waals surface area contributed by atoms with Crippen LogP contribution in [0.25, 0.3) is 0 Å². The molecule has 0 spiro atoms. The molecule has 0 fully saturated rings. The molecule has 14 heavy (non-hydrogen) atoms. The minimum atomic E-state index is 0.375. The number of unbranched alkanes of at least 4 members (excludes halogenated alkanes) is 2. The predicted octanol–water partition coefficient (Wildman–Crippen LogP) is 1.65. The zero-order valence-corrected chi connectivity index (χ0v) is 7.72. The summed E-state index contributed by atoms with van der Waals surface area (Å²) >= 11 is 0. The van der Waals surface area contributed by atoms with Crippen molar-refractivity contribution in [2.75, 3.05) is 0 Å². The molecule has 0 saturated heterocycles. The van der Waals surface area contributed by atoms with E-state index in [0.29, 0.717) is 31.3 Å². The number of hydrogen-bond acceptors (Lipinski definition) is 4. The molecule has 0 aliphatic heterocycles. The number of carbonyl (C=O) groups is 3. The fraction of sp³-hybridized carbons (Fsp3) is 0.300. The standard InChI is InChI=1S/C5H4O2.C5H8O2/c6-4-5-2-1-3-7-5;6-4-2-1-3-5-7/h1-4H;4-5H,1-3H2. The normalized spacial score (nSPS) is 8.29. The second-order valence-electron chi connectivity index (χ2n) is 2.40. The molecule has 0 N–H and O–H groups in total. The highest BCUT2D eigenvalue weighted by Crippen LogP contribution is 1.92. The number of hydrogen-bond donors (Lipinski definition) is 0. The molecule has 0 amide bonds. The molecule has 0 radical (unpaired) electrons. The Bertz CT molecular complexity index is 243. The fourth-order valence-corrected chi connectivity index (χ4v) is 0.643. The van der Waals surface area contributed by atoms with Gasteiger partial charge in [-0.2, -0.15) is 0 Å². The molecular weight excluding hydrogens is 184 g/mol. The second kappa shape index (κ2) is 9.38. The van der Waals surface area contributed by atoms with Gasteiger partial charge in [-0.1, -0.05) is 0 Å². The number of carbonyl (C=O) groups excluding carboxylic acids is 3. The van der Waals surface area contributed by atoms with E-state index in [4.69, 9.17) is 0 Å². The zero-order valence-electron chi connectivity index (χ0n) is 7.72. The SMILES string of the molecule is O=CCCCC=O.O=Cc1ccco1. The van der Waals surface area contributed by atoms with Crippen molar-refractivity contribution in [2.24, 2.45) is 0 Å². The van der Waals surface area contributed by atoms with Crippen LogP contribution in [0.2, 0.25) is 0 Å². The van der Waals surface area contributed by atoms with Gasteiger partial charge in [0.2, 0.25) is 0 Å². The third kappa shape index (κ3) is 6.97. The lowest BCUT2D eigenvalue weighted by Gasteiger charge is -1.78. The monoisotopic (exact) mass is 196 g/mol. The lowest BCUT2D eigenvalue weighted by molar-refractivity contribution is -0.108. The maximum Gasteiger partial charge on any atom is 0.185 e. The summed E-state index contributed by atoms with van der Waals surface area (Å²) in [5.74, 6) is 0.375. The first kappa shape index (κ1) is 12.3. The van der Waals surface area contributed by atoms with Crippen LogP contribution in [0.1, 0.15) is 29.8 Å². The van der Waals surface area contributed by atoms with Crippen LogP contribution in [0.4, 0.5) is 0 Å². The van der Waals surface area contributed by atoms with Crippen LogP contribution in [0.15, 0.2) is 22.8 Å². The second-order valence-corrected chi connectivity index (χ2v) is 2.40. The molecule has 0 unspecified atom stereocenters. The summed E-state index contributed by atoms with van der Waals surface area (Å²) < 4.78 is 4.61. The highest BCUT2D eigenvalue weighted by Gasteiger charge is 1.84. The van der Waals surface area contributed by atoms with Crippen LogP contribution < -0.4 is 0 Å². The van der Waals surface area contributed by atoms with E-state index in [2.05, 4.69) is 4.42 Å². The topological polar surface area (TPSA) is 64.3 Å². The summed E-state index contributed by atoms with van der Waals surface area (Å²) in [5, 5.41) is 0. The van der Waals surface area contributed by atoms with Gasteiger partial charge in [-0.05, 0) is 18.6 Å². The summed E-state index contributed by atoms with van der Waals surface area (Å²) in [7, 11) is 0. The molecule has 4 heteroatoms. The molecule has 1 aromatic rings. The molecule has 0 aliphatic rings. The van der Waals surface area contributed by atoms with E-state index in [1.165, 1.54) is 6.26 Å². The maximum atomic E-state index is 9.77. The Kier molecular flexibility index (Phi) is 8.23. The van der Waals surface area contributed by atoms with Gasteiger partial charge in [-0.3, -0.25) is 4.79 Å². The fourth-order valence-electron chi connectivity index (χ4n) is 0.643. The van der Waals surface area contributed by atoms with Gasteiger partial charge in [0.15, 0.2) is 12.0 Å². The average molecular weight is 196 g/mol. The van der Waals surface area contributed by atoms with Crippen molar-refractivity contribution >= 4 is 18.9 Å². The number of furan rings is 1. The molecule has 1 heterocycles. The van der Waals surface area contributed by atoms with E-state index in [1.807, 2.05) is 0 Å². The van der Waals surface area contributed by atoms with E-state index >= 15 is 0 Å². The third-order valence-electron chi connectivity index (χ3n) is 1.30. The average Bonchev–Trinajstić information content (AvgIpc) is 2.72. The largest absolute Gasteiger partial charge is 0.462 e. The zero-order chi connectivity index (χ0) is 10.6. The van der Waals surface area contributed by atoms with Gasteiger partial charge in [0.05, 0.1) is 6.26 Å². The van der Waals surface area contributed by atoms with Crippen molar-refractivity contribution in [3.05, 3.63) is 24.2 Å². The molecule has 4 nitrogen and oxygen atoms in total. The minimum Gasteiger partial charge on any atom is -0.462 e. The van der Waals surface area contributed by atoms with Gasteiger partial charge in [-0.25, -0.2) is 0 Å². The summed E-state index contributed by atoms with van der Waals surface area (Å²) in [6.07, 6.45) is 5.50. The lowest BCUT2D eigenvalue weighted by atomic mass is 10.3. The molecule has 0 aliphatic carbocycles. The van der Waals surface area contributed by atoms with Gasteiger partial charge in [0.25, 0.3) is 0 Å². The summed E-state index contributed by atoms with van der Waals surface area (Å²) in [6, 6.07) is 3.27. The Balaban J connectivity index is 0.000000241. The van der Waals surface area contributed by atoms with Crippen molar-refractivity contribution in [2.45, 2.75) is 19.3 Å². The third-order valence-corrected chi connectivity index (χ3v) is 1.30. The first-order valence-electron chi connectivity index (χ1n) is 4.21. The van der Waals surface area contributed by atoms with Crippen LogP contribution in [-0.2, 0) is 9.59 Å². The van der Waals surface area contributed by atoms with Crippen molar-refractivity contribution in [1.82, 2.24) is 0 Å². The minimum absolute atomic E-state index is 0.375. The molecule has 1 rings (SSSR count). The summed E-state index contributed by atoms with van der Waals surface area (Å²) in [4.78, 5) is 28.9. The lowest BCUT2D eigenvalue weighted by Crippen LogP contribution is -1.76. The first-order chi connectivity index (χ1) is 6.85. The highest BCUT2D eigenvalue weighted by molar-refractivity contribution is 5.69. The molecule has 76 valence electrons. The number of rotatable bonds is 5. The van der Waals surface area contributed by atoms with Crippen LogP contribution in [0.5, 0.6) is 0 Å². The van der Waals surface area contributed by atoms with E-state index in [9.17, 15) is 14.4 Å². The van der Waals surface area contributed by atoms with Gasteiger partial charge in [-0.15, -0.1) is 0 Å². The molecular formula is C10H12O4. The van der Waals surface area contributed by atoms with Crippen molar-refractivity contribution < 1.29 is 18.8 Å². The smallest absolute Gasteiger partial charge is 0.185 e. The molecule has 0 bridgehead atoms. The summed E-state index contributed by atoms with van der Waals surface area (Å²) in [5.41, 5.74) is 0. The Hall–Kier alpha value is -1.71. The van der Waals surface area contributed by atoms with Crippen LogP contribution >= 0.6 is 0 Å². The Labute approximate surface area is 81.9 Å². The molecule has 1 aromatic heterocycles. The van der Waals surface area contributed by atoms with Crippen LogP contribution in [0.3, 0.4) is 0 Å². The Morgan fingerprint density at radius 3 is 2.07 bits per heavy atom. The van der Waals surface area contributed by atoms with Crippen LogP contribution in [0, 0.1) is 0 Å². The predicted molar refractivity (Wildman–Crippen MR) is 50.1 cm³/mol. The summed E-state index contributed by atoms with van der Waals surface area (Å²) in [6.45, 7) is 0. The van der Waals surface area contributed by atoms with E-state index in [1.54, 1.807) is 12.1 Å².